The first kappa shape index (κ1) is 19.6. The van der Waals surface area contributed by atoms with Crippen molar-refractivity contribution in [3.05, 3.63) is 71.1 Å². The molecule has 0 bridgehead atoms. The number of hydrogen-bond donors (Lipinski definition) is 1. The SMILES string of the molecule is O=C(COC(=O)CCc1ccc(F)cc1)Nc1nc(-c2ccc(F)cc2)cs1. The Morgan fingerprint density at radius 2 is 1.64 bits per heavy atom. The van der Waals surface area contributed by atoms with Crippen molar-refractivity contribution < 1.29 is 23.1 Å². The molecule has 0 aliphatic carbocycles. The first-order chi connectivity index (χ1) is 13.5. The molecule has 0 saturated heterocycles. The van der Waals surface area contributed by atoms with Crippen LogP contribution in [0.3, 0.4) is 0 Å². The molecule has 0 aliphatic rings. The molecule has 5 nitrogen and oxygen atoms in total. The lowest BCUT2D eigenvalue weighted by atomic mass is 10.1. The number of aromatic nitrogens is 1. The molecule has 0 unspecified atom stereocenters. The van der Waals surface area contributed by atoms with Crippen LogP contribution in [-0.4, -0.2) is 23.5 Å². The van der Waals surface area contributed by atoms with Gasteiger partial charge in [-0.05, 0) is 48.4 Å². The second-order valence-corrected chi connectivity index (χ2v) is 6.74. The first-order valence-corrected chi connectivity index (χ1v) is 9.29. The number of amides is 1. The van der Waals surface area contributed by atoms with Crippen LogP contribution in [0.2, 0.25) is 0 Å². The maximum atomic E-state index is 13.0. The van der Waals surface area contributed by atoms with E-state index in [1.807, 2.05) is 0 Å². The predicted octanol–water partition coefficient (Wildman–Crippen LogP) is 4.20. The van der Waals surface area contributed by atoms with E-state index >= 15 is 0 Å². The molecular weight excluding hydrogens is 386 g/mol. The third kappa shape index (κ3) is 5.68. The second-order valence-electron chi connectivity index (χ2n) is 5.88. The number of thiazole rings is 1. The Bertz CT molecular complexity index is 956. The van der Waals surface area contributed by atoms with Gasteiger partial charge in [-0.1, -0.05) is 12.1 Å². The van der Waals surface area contributed by atoms with Crippen molar-refractivity contribution in [2.24, 2.45) is 0 Å². The van der Waals surface area contributed by atoms with Crippen molar-refractivity contribution in [3.8, 4) is 11.3 Å². The van der Waals surface area contributed by atoms with Crippen molar-refractivity contribution in [2.45, 2.75) is 12.8 Å². The minimum Gasteiger partial charge on any atom is -0.456 e. The summed E-state index contributed by atoms with van der Waals surface area (Å²) in [5.74, 6) is -1.71. The summed E-state index contributed by atoms with van der Waals surface area (Å²) in [6.45, 7) is -0.423. The third-order valence-electron chi connectivity index (χ3n) is 3.79. The number of benzene rings is 2. The number of carbonyl (C=O) groups excluding carboxylic acids is 2. The van der Waals surface area contributed by atoms with E-state index in [9.17, 15) is 18.4 Å². The van der Waals surface area contributed by atoms with E-state index < -0.39 is 18.5 Å². The number of nitrogens with zero attached hydrogens (tertiary/aromatic N) is 1. The number of nitrogens with one attached hydrogen (secondary N) is 1. The van der Waals surface area contributed by atoms with Gasteiger partial charge in [0, 0.05) is 17.4 Å². The van der Waals surface area contributed by atoms with E-state index in [1.54, 1.807) is 29.6 Å². The lowest BCUT2D eigenvalue weighted by molar-refractivity contribution is -0.147. The summed E-state index contributed by atoms with van der Waals surface area (Å²) in [5.41, 5.74) is 2.14. The fourth-order valence-electron chi connectivity index (χ4n) is 2.36. The van der Waals surface area contributed by atoms with Gasteiger partial charge in [0.2, 0.25) is 0 Å². The average molecular weight is 402 g/mol. The lowest BCUT2D eigenvalue weighted by Gasteiger charge is -2.05. The van der Waals surface area contributed by atoms with Gasteiger partial charge in [-0.25, -0.2) is 13.8 Å². The van der Waals surface area contributed by atoms with Gasteiger partial charge >= 0.3 is 5.97 Å². The van der Waals surface area contributed by atoms with E-state index in [-0.39, 0.29) is 18.1 Å². The summed E-state index contributed by atoms with van der Waals surface area (Å²) in [5, 5.41) is 4.64. The molecule has 8 heteroatoms. The first-order valence-electron chi connectivity index (χ1n) is 8.41. The van der Waals surface area contributed by atoms with Gasteiger partial charge in [0.15, 0.2) is 11.7 Å². The molecule has 2 aromatic carbocycles. The van der Waals surface area contributed by atoms with E-state index in [1.165, 1.54) is 35.6 Å². The summed E-state index contributed by atoms with van der Waals surface area (Å²) in [6.07, 6.45) is 0.485. The summed E-state index contributed by atoms with van der Waals surface area (Å²) in [6, 6.07) is 11.7. The highest BCUT2D eigenvalue weighted by molar-refractivity contribution is 7.14. The van der Waals surface area contributed by atoms with Gasteiger partial charge in [0.1, 0.15) is 11.6 Å². The zero-order valence-corrected chi connectivity index (χ0v) is 15.5. The molecule has 144 valence electrons. The van der Waals surface area contributed by atoms with Gasteiger partial charge in [-0.2, -0.15) is 0 Å². The van der Waals surface area contributed by atoms with E-state index in [0.717, 1.165) is 11.1 Å². The number of ether oxygens (including phenoxy) is 1. The van der Waals surface area contributed by atoms with Crippen molar-refractivity contribution >= 4 is 28.3 Å². The second kappa shape index (κ2) is 9.18. The minimum atomic E-state index is -0.523. The smallest absolute Gasteiger partial charge is 0.306 e. The van der Waals surface area contributed by atoms with E-state index in [4.69, 9.17) is 4.74 Å². The number of esters is 1. The monoisotopic (exact) mass is 402 g/mol. The maximum Gasteiger partial charge on any atom is 0.306 e. The third-order valence-corrected chi connectivity index (χ3v) is 4.54. The quantitative estimate of drug-likeness (QED) is 0.602. The fourth-order valence-corrected chi connectivity index (χ4v) is 3.09. The molecule has 0 spiro atoms. The Labute approximate surface area is 164 Å². The highest BCUT2D eigenvalue weighted by Gasteiger charge is 2.11. The number of carbonyl (C=O) groups is 2. The molecule has 0 fully saturated rings. The van der Waals surface area contributed by atoms with Crippen molar-refractivity contribution in [1.29, 1.82) is 0 Å². The number of aryl methyl sites for hydroxylation is 1. The summed E-state index contributed by atoms with van der Waals surface area (Å²) < 4.78 is 30.7. The molecule has 3 aromatic rings. The highest BCUT2D eigenvalue weighted by Crippen LogP contribution is 2.24. The normalized spacial score (nSPS) is 10.5. The molecule has 1 N–H and O–H groups in total. The molecule has 0 radical (unpaired) electrons. The Hall–Kier alpha value is -3.13. The topological polar surface area (TPSA) is 68.3 Å². The Morgan fingerprint density at radius 3 is 2.32 bits per heavy atom. The van der Waals surface area contributed by atoms with Crippen molar-refractivity contribution in [1.82, 2.24) is 4.98 Å². The van der Waals surface area contributed by atoms with Crippen molar-refractivity contribution in [3.63, 3.8) is 0 Å². The number of halogens is 2. The van der Waals surface area contributed by atoms with Crippen LogP contribution in [0.15, 0.2) is 53.9 Å². The molecular formula is C20H16F2N2O3S. The number of anilines is 1. The average Bonchev–Trinajstić information content (AvgIpc) is 3.15. The molecule has 0 atom stereocenters. The molecule has 3 rings (SSSR count). The fraction of sp³-hybridized carbons (Fsp3) is 0.150. The predicted molar refractivity (Wildman–Crippen MR) is 102 cm³/mol. The van der Waals surface area contributed by atoms with Crippen LogP contribution in [0, 0.1) is 11.6 Å². The van der Waals surface area contributed by atoms with Crippen molar-refractivity contribution in [2.75, 3.05) is 11.9 Å². The van der Waals surface area contributed by atoms with Crippen LogP contribution in [0.5, 0.6) is 0 Å². The molecule has 0 saturated carbocycles. The van der Waals surface area contributed by atoms with Gasteiger partial charge in [-0.15, -0.1) is 11.3 Å². The Morgan fingerprint density at radius 1 is 1.00 bits per heavy atom. The van der Waals surface area contributed by atoms with Crippen LogP contribution < -0.4 is 5.32 Å². The maximum absolute atomic E-state index is 13.0. The van der Waals surface area contributed by atoms with Gasteiger partial charge in [0.25, 0.3) is 5.91 Å². The number of hydrogen-bond acceptors (Lipinski definition) is 5. The van der Waals surface area contributed by atoms with E-state index in [0.29, 0.717) is 17.2 Å². The molecule has 1 amide bonds. The molecule has 1 aromatic heterocycles. The lowest BCUT2D eigenvalue weighted by Crippen LogP contribution is -2.21. The summed E-state index contributed by atoms with van der Waals surface area (Å²) in [7, 11) is 0. The standard InChI is InChI=1S/C20H16F2N2O3S/c21-15-6-1-13(2-7-15)3-10-19(26)27-11-18(25)24-20-23-17(12-28-20)14-4-8-16(22)9-5-14/h1-2,4-9,12H,3,10-11H2,(H,23,24,25). The molecule has 28 heavy (non-hydrogen) atoms. The van der Waals surface area contributed by atoms with Crippen LogP contribution >= 0.6 is 11.3 Å². The molecule has 0 aliphatic heterocycles. The number of rotatable bonds is 7. The van der Waals surface area contributed by atoms with Crippen LogP contribution in [0.25, 0.3) is 11.3 Å². The van der Waals surface area contributed by atoms with Gasteiger partial charge < -0.3 is 4.74 Å². The van der Waals surface area contributed by atoms with Crippen LogP contribution in [0.1, 0.15) is 12.0 Å². The summed E-state index contributed by atoms with van der Waals surface area (Å²) in [4.78, 5) is 27.9. The highest BCUT2D eigenvalue weighted by atomic mass is 32.1. The van der Waals surface area contributed by atoms with Crippen LogP contribution in [-0.2, 0) is 20.7 Å². The van der Waals surface area contributed by atoms with Gasteiger partial charge in [-0.3, -0.25) is 14.9 Å². The zero-order chi connectivity index (χ0) is 19.9. The summed E-state index contributed by atoms with van der Waals surface area (Å²) >= 11 is 1.21. The zero-order valence-electron chi connectivity index (χ0n) is 14.7. The minimum absolute atomic E-state index is 0.0882. The molecule has 1 heterocycles. The Balaban J connectivity index is 1.43. The van der Waals surface area contributed by atoms with Crippen LogP contribution in [0.4, 0.5) is 13.9 Å². The van der Waals surface area contributed by atoms with Gasteiger partial charge in [0.05, 0.1) is 5.69 Å². The Kier molecular flexibility index (Phi) is 6.44. The van der Waals surface area contributed by atoms with E-state index in [2.05, 4.69) is 10.3 Å². The largest absolute Gasteiger partial charge is 0.456 e.